The average Bonchev–Trinajstić information content (AvgIpc) is 3.28. The van der Waals surface area contributed by atoms with Crippen molar-refractivity contribution >= 4 is 11.6 Å². The molecule has 1 saturated heterocycles. The van der Waals surface area contributed by atoms with Crippen molar-refractivity contribution in [1.82, 2.24) is 15.0 Å². The van der Waals surface area contributed by atoms with E-state index in [4.69, 9.17) is 14.0 Å². The van der Waals surface area contributed by atoms with Crippen molar-refractivity contribution in [3.8, 4) is 22.9 Å². The highest BCUT2D eigenvalue weighted by atomic mass is 16.5. The van der Waals surface area contributed by atoms with Gasteiger partial charge in [0.15, 0.2) is 11.5 Å². The third kappa shape index (κ3) is 5.08. The van der Waals surface area contributed by atoms with Gasteiger partial charge in [0, 0.05) is 17.8 Å². The smallest absolute Gasteiger partial charge is 0.241 e. The molecule has 32 heavy (non-hydrogen) atoms. The Hall–Kier alpha value is -3.39. The van der Waals surface area contributed by atoms with Crippen LogP contribution in [0.2, 0.25) is 0 Å². The predicted octanol–water partition coefficient (Wildman–Crippen LogP) is 3.91. The maximum Gasteiger partial charge on any atom is 0.241 e. The van der Waals surface area contributed by atoms with E-state index in [9.17, 15) is 4.79 Å². The van der Waals surface area contributed by atoms with E-state index in [-0.39, 0.29) is 11.8 Å². The van der Waals surface area contributed by atoms with Crippen LogP contribution in [-0.4, -0.2) is 48.3 Å². The van der Waals surface area contributed by atoms with E-state index < -0.39 is 0 Å². The number of amides is 1. The van der Waals surface area contributed by atoms with Crippen LogP contribution in [0, 0.1) is 12.8 Å². The minimum Gasteiger partial charge on any atom is -0.493 e. The zero-order valence-corrected chi connectivity index (χ0v) is 18.6. The number of carbonyl (C=O) groups excluding carboxylic acids is 1. The lowest BCUT2D eigenvalue weighted by molar-refractivity contribution is -0.121. The molecule has 8 heteroatoms. The van der Waals surface area contributed by atoms with Crippen LogP contribution in [0.1, 0.15) is 24.3 Å². The fraction of sp³-hybridized carbons (Fsp3) is 0.375. The van der Waals surface area contributed by atoms with Crippen LogP contribution < -0.4 is 14.8 Å². The van der Waals surface area contributed by atoms with E-state index in [1.165, 1.54) is 5.56 Å². The summed E-state index contributed by atoms with van der Waals surface area (Å²) in [6, 6.07) is 13.3. The van der Waals surface area contributed by atoms with Gasteiger partial charge in [-0.15, -0.1) is 0 Å². The van der Waals surface area contributed by atoms with Crippen LogP contribution in [0.4, 0.5) is 5.69 Å². The first kappa shape index (κ1) is 21.8. The van der Waals surface area contributed by atoms with Gasteiger partial charge >= 0.3 is 0 Å². The van der Waals surface area contributed by atoms with E-state index >= 15 is 0 Å². The van der Waals surface area contributed by atoms with Gasteiger partial charge in [-0.1, -0.05) is 22.9 Å². The topological polar surface area (TPSA) is 89.7 Å². The molecule has 2 heterocycles. The van der Waals surface area contributed by atoms with Gasteiger partial charge in [-0.25, -0.2) is 0 Å². The number of aromatic nitrogens is 2. The molecule has 4 rings (SSSR count). The molecule has 1 N–H and O–H groups in total. The third-order valence-electron chi connectivity index (χ3n) is 5.66. The number of hydrogen-bond donors (Lipinski definition) is 1. The molecule has 1 amide bonds. The largest absolute Gasteiger partial charge is 0.493 e. The number of aryl methyl sites for hydroxylation is 1. The number of anilines is 1. The summed E-state index contributed by atoms with van der Waals surface area (Å²) < 4.78 is 16.1. The molecular weight excluding hydrogens is 408 g/mol. The Labute approximate surface area is 187 Å². The van der Waals surface area contributed by atoms with Crippen molar-refractivity contribution in [2.45, 2.75) is 26.3 Å². The Morgan fingerprint density at radius 3 is 2.69 bits per heavy atom. The predicted molar refractivity (Wildman–Crippen MR) is 121 cm³/mol. The molecule has 0 saturated carbocycles. The van der Waals surface area contributed by atoms with Crippen molar-refractivity contribution < 1.29 is 18.8 Å². The van der Waals surface area contributed by atoms with Crippen LogP contribution in [0.5, 0.6) is 11.5 Å². The van der Waals surface area contributed by atoms with Gasteiger partial charge in [-0.3, -0.25) is 9.69 Å². The van der Waals surface area contributed by atoms with E-state index in [1.807, 2.05) is 49.4 Å². The van der Waals surface area contributed by atoms with Gasteiger partial charge in [0.1, 0.15) is 0 Å². The molecule has 2 aromatic carbocycles. The van der Waals surface area contributed by atoms with Crippen molar-refractivity contribution in [1.29, 1.82) is 0 Å². The van der Waals surface area contributed by atoms with E-state index in [2.05, 4.69) is 20.4 Å². The summed E-state index contributed by atoms with van der Waals surface area (Å²) in [5.41, 5.74) is 2.78. The first-order valence-electron chi connectivity index (χ1n) is 10.7. The molecule has 0 aliphatic carbocycles. The number of hydrogen-bond acceptors (Lipinski definition) is 7. The van der Waals surface area contributed by atoms with Crippen molar-refractivity contribution in [2.24, 2.45) is 5.92 Å². The molecule has 1 unspecified atom stereocenters. The van der Waals surface area contributed by atoms with E-state index in [1.54, 1.807) is 14.2 Å². The number of methoxy groups -OCH3 is 2. The summed E-state index contributed by atoms with van der Waals surface area (Å²) >= 11 is 0. The summed E-state index contributed by atoms with van der Waals surface area (Å²) in [7, 11) is 3.18. The second-order valence-corrected chi connectivity index (χ2v) is 8.01. The molecule has 1 aliphatic rings. The minimum atomic E-state index is -0.0710. The number of nitrogens with zero attached hydrogens (tertiary/aromatic N) is 3. The highest BCUT2D eigenvalue weighted by Gasteiger charge is 2.27. The number of piperidine rings is 1. The number of ether oxygens (including phenoxy) is 2. The second kappa shape index (κ2) is 9.82. The zero-order valence-electron chi connectivity index (χ0n) is 18.6. The van der Waals surface area contributed by atoms with Gasteiger partial charge in [-0.05, 0) is 56.6 Å². The van der Waals surface area contributed by atoms with Crippen molar-refractivity contribution in [3.63, 3.8) is 0 Å². The fourth-order valence-electron chi connectivity index (χ4n) is 3.90. The lowest BCUT2D eigenvalue weighted by atomic mass is 9.97. The number of likely N-dealkylation sites (tertiary alicyclic amines) is 1. The Kier molecular flexibility index (Phi) is 6.70. The Morgan fingerprint density at radius 2 is 1.94 bits per heavy atom. The number of rotatable bonds is 7. The maximum atomic E-state index is 12.7. The van der Waals surface area contributed by atoms with E-state index in [0.717, 1.165) is 30.6 Å². The molecule has 1 aliphatic heterocycles. The Morgan fingerprint density at radius 1 is 1.16 bits per heavy atom. The third-order valence-corrected chi connectivity index (χ3v) is 5.66. The van der Waals surface area contributed by atoms with Gasteiger partial charge < -0.3 is 19.3 Å². The molecular formula is C24H28N4O4. The normalized spacial score (nSPS) is 16.5. The maximum absolute atomic E-state index is 12.7. The molecule has 0 spiro atoms. The molecule has 3 aromatic rings. The van der Waals surface area contributed by atoms with Crippen LogP contribution in [-0.2, 0) is 11.3 Å². The summed E-state index contributed by atoms with van der Waals surface area (Å²) in [6.45, 7) is 4.08. The molecule has 1 atom stereocenters. The molecule has 0 radical (unpaired) electrons. The number of benzene rings is 2. The Bertz CT molecular complexity index is 1060. The fourth-order valence-corrected chi connectivity index (χ4v) is 3.90. The van der Waals surface area contributed by atoms with Crippen LogP contribution in [0.15, 0.2) is 47.0 Å². The molecule has 8 nitrogen and oxygen atoms in total. The average molecular weight is 437 g/mol. The molecule has 1 aromatic heterocycles. The molecule has 0 bridgehead atoms. The minimum absolute atomic E-state index is 0.0510. The van der Waals surface area contributed by atoms with Gasteiger partial charge in [-0.2, -0.15) is 4.98 Å². The van der Waals surface area contributed by atoms with Crippen molar-refractivity contribution in [3.05, 3.63) is 53.9 Å². The first-order chi connectivity index (χ1) is 15.6. The summed E-state index contributed by atoms with van der Waals surface area (Å²) in [5, 5.41) is 7.14. The quantitative estimate of drug-likeness (QED) is 0.600. The highest BCUT2D eigenvalue weighted by molar-refractivity contribution is 5.92. The molecule has 1 fully saturated rings. The highest BCUT2D eigenvalue weighted by Crippen LogP contribution is 2.31. The van der Waals surface area contributed by atoms with Gasteiger partial charge in [0.05, 0.1) is 26.7 Å². The first-order valence-corrected chi connectivity index (χ1v) is 10.7. The van der Waals surface area contributed by atoms with Crippen LogP contribution >= 0.6 is 0 Å². The second-order valence-electron chi connectivity index (χ2n) is 8.01. The van der Waals surface area contributed by atoms with E-state index in [0.29, 0.717) is 36.3 Å². The zero-order chi connectivity index (χ0) is 22.5. The van der Waals surface area contributed by atoms with Gasteiger partial charge in [0.2, 0.25) is 17.6 Å². The van der Waals surface area contributed by atoms with Gasteiger partial charge in [0.25, 0.3) is 0 Å². The number of carbonyl (C=O) groups is 1. The summed E-state index contributed by atoms with van der Waals surface area (Å²) in [6.07, 6.45) is 1.82. The Balaban J connectivity index is 1.38. The summed E-state index contributed by atoms with van der Waals surface area (Å²) in [5.74, 6) is 2.24. The lowest BCUT2D eigenvalue weighted by Crippen LogP contribution is -2.40. The van der Waals surface area contributed by atoms with Crippen LogP contribution in [0.25, 0.3) is 11.4 Å². The lowest BCUT2D eigenvalue weighted by Gasteiger charge is -2.30. The number of nitrogens with one attached hydrogen (secondary N) is 1. The van der Waals surface area contributed by atoms with Crippen molar-refractivity contribution in [2.75, 3.05) is 32.6 Å². The molecule has 168 valence electrons. The summed E-state index contributed by atoms with van der Waals surface area (Å²) in [4.78, 5) is 19.5. The monoisotopic (exact) mass is 436 g/mol. The SMILES string of the molecule is COc1ccc(-c2noc(CN3CCCC(C(=O)Nc4ccc(C)cc4)C3)n2)cc1OC. The standard InChI is InChI=1S/C24H28N4O4/c1-16-6-9-19(10-7-16)25-24(29)18-5-4-12-28(14-18)15-22-26-23(27-32-22)17-8-11-20(30-2)21(13-17)31-3/h6-11,13,18H,4-5,12,14-15H2,1-3H3,(H,25,29). The van der Waals surface area contributed by atoms with Crippen LogP contribution in [0.3, 0.4) is 0 Å².